The van der Waals surface area contributed by atoms with Crippen LogP contribution in [0.2, 0.25) is 0 Å². The van der Waals surface area contributed by atoms with E-state index in [0.717, 1.165) is 11.1 Å². The monoisotopic (exact) mass is 445 g/mol. The smallest absolute Gasteiger partial charge is 0.260 e. The average Bonchev–Trinajstić information content (AvgIpc) is 2.83. The van der Waals surface area contributed by atoms with Crippen molar-refractivity contribution in [2.45, 2.75) is 32.4 Å². The molecule has 0 aliphatic carbocycles. The molecule has 2 heterocycles. The molecule has 0 saturated heterocycles. The molecule has 7 nitrogen and oxygen atoms in total. The van der Waals surface area contributed by atoms with Gasteiger partial charge >= 0.3 is 0 Å². The predicted octanol–water partition coefficient (Wildman–Crippen LogP) is 3.40. The maximum atomic E-state index is 13.7. The van der Waals surface area contributed by atoms with E-state index in [4.69, 9.17) is 4.74 Å². The molecular weight excluding hydrogens is 418 g/mol. The lowest BCUT2D eigenvalue weighted by Crippen LogP contribution is -2.50. The first-order valence-electron chi connectivity index (χ1n) is 11.0. The van der Waals surface area contributed by atoms with E-state index in [0.29, 0.717) is 42.9 Å². The molecule has 0 fully saturated rings. The molecule has 1 unspecified atom stereocenters. The highest BCUT2D eigenvalue weighted by atomic mass is 16.5. The third-order valence-electron chi connectivity index (χ3n) is 5.86. The summed E-state index contributed by atoms with van der Waals surface area (Å²) in [5.74, 6) is -0.563. The molecule has 3 aromatic rings. The highest BCUT2D eigenvalue weighted by molar-refractivity contribution is 6.12. The molecule has 1 aliphatic heterocycles. The number of aromatic nitrogens is 1. The van der Waals surface area contributed by atoms with Crippen LogP contribution < -0.4 is 15.8 Å². The van der Waals surface area contributed by atoms with Crippen molar-refractivity contribution in [1.29, 1.82) is 0 Å². The molecule has 170 valence electrons. The number of aryl methyl sites for hydroxylation is 2. The first kappa shape index (κ1) is 22.5. The number of fused-ring (bicyclic) bond motifs is 1. The van der Waals surface area contributed by atoms with Crippen molar-refractivity contribution in [2.75, 3.05) is 23.9 Å². The Morgan fingerprint density at radius 3 is 2.58 bits per heavy atom. The number of hydrogen-bond donors (Lipinski definition) is 1. The van der Waals surface area contributed by atoms with Crippen LogP contribution in [-0.2, 0) is 22.5 Å². The molecule has 1 atom stereocenters. The van der Waals surface area contributed by atoms with Crippen molar-refractivity contribution in [3.63, 3.8) is 0 Å². The molecule has 0 spiro atoms. The summed E-state index contributed by atoms with van der Waals surface area (Å²) in [5, 5.41) is 2.95. The maximum Gasteiger partial charge on any atom is 0.260 e. The average molecular weight is 446 g/mol. The summed E-state index contributed by atoms with van der Waals surface area (Å²) < 4.78 is 6.52. The van der Waals surface area contributed by atoms with Crippen LogP contribution in [0.5, 0.6) is 0 Å². The molecule has 33 heavy (non-hydrogen) atoms. The zero-order chi connectivity index (χ0) is 23.4. The van der Waals surface area contributed by atoms with Crippen LogP contribution in [0.1, 0.15) is 27.9 Å². The summed E-state index contributed by atoms with van der Waals surface area (Å²) in [4.78, 5) is 40.8. The summed E-state index contributed by atoms with van der Waals surface area (Å²) >= 11 is 0. The second-order valence-corrected chi connectivity index (χ2v) is 8.16. The van der Waals surface area contributed by atoms with Crippen LogP contribution in [0.4, 0.5) is 11.4 Å². The van der Waals surface area contributed by atoms with Crippen LogP contribution in [0.3, 0.4) is 0 Å². The van der Waals surface area contributed by atoms with Gasteiger partial charge in [-0.2, -0.15) is 0 Å². The first-order valence-corrected chi connectivity index (χ1v) is 11.0. The topological polar surface area (TPSA) is 80.6 Å². The SMILES string of the molecule is COCCn1cc(C(=O)N2c3ccccc3CCC2C(=O)Nc2ccc(C)cc2)ccc1=O. The molecule has 1 N–H and O–H groups in total. The minimum atomic E-state index is -0.673. The van der Waals surface area contributed by atoms with Crippen LogP contribution in [0, 0.1) is 6.92 Å². The first-order chi connectivity index (χ1) is 16.0. The Balaban J connectivity index is 1.68. The summed E-state index contributed by atoms with van der Waals surface area (Å²) in [7, 11) is 1.56. The van der Waals surface area contributed by atoms with Crippen molar-refractivity contribution in [3.05, 3.63) is 93.9 Å². The van der Waals surface area contributed by atoms with Gasteiger partial charge in [-0.3, -0.25) is 19.3 Å². The van der Waals surface area contributed by atoms with E-state index < -0.39 is 6.04 Å². The largest absolute Gasteiger partial charge is 0.383 e. The Morgan fingerprint density at radius 1 is 1.06 bits per heavy atom. The summed E-state index contributed by atoms with van der Waals surface area (Å²) in [6.07, 6.45) is 2.73. The number of amides is 2. The van der Waals surface area contributed by atoms with Crippen molar-refractivity contribution in [2.24, 2.45) is 0 Å². The van der Waals surface area contributed by atoms with E-state index in [-0.39, 0.29) is 17.4 Å². The highest BCUT2D eigenvalue weighted by Crippen LogP contribution is 2.32. The standard InChI is InChI=1S/C26H27N3O4/c1-18-7-11-21(12-8-18)27-25(31)23-13-9-19-5-3-4-6-22(19)29(23)26(32)20-10-14-24(30)28(17-20)15-16-33-2/h3-8,10-12,14,17,23H,9,13,15-16H2,1-2H3,(H,27,31). The number of para-hydroxylation sites is 1. The lowest BCUT2D eigenvalue weighted by molar-refractivity contribution is -0.117. The Hall–Kier alpha value is -3.71. The second kappa shape index (κ2) is 9.83. The van der Waals surface area contributed by atoms with Crippen molar-refractivity contribution >= 4 is 23.2 Å². The van der Waals surface area contributed by atoms with Gasteiger partial charge < -0.3 is 14.6 Å². The van der Waals surface area contributed by atoms with Gasteiger partial charge in [0, 0.05) is 37.3 Å². The van der Waals surface area contributed by atoms with Crippen molar-refractivity contribution in [1.82, 2.24) is 4.57 Å². The number of benzene rings is 2. The van der Waals surface area contributed by atoms with Gasteiger partial charge in [0.2, 0.25) is 5.91 Å². The van der Waals surface area contributed by atoms with Gasteiger partial charge in [-0.25, -0.2) is 0 Å². The normalized spacial score (nSPS) is 15.1. The zero-order valence-electron chi connectivity index (χ0n) is 18.8. The minimum absolute atomic E-state index is 0.212. The van der Waals surface area contributed by atoms with Crippen LogP contribution >= 0.6 is 0 Å². The molecule has 1 aliphatic rings. The zero-order valence-corrected chi connectivity index (χ0v) is 18.8. The summed E-state index contributed by atoms with van der Waals surface area (Å²) in [6, 6.07) is 17.4. The number of carbonyl (C=O) groups excluding carboxylic acids is 2. The lowest BCUT2D eigenvalue weighted by atomic mass is 9.94. The Labute approximate surface area is 192 Å². The Bertz CT molecular complexity index is 1220. The van der Waals surface area contributed by atoms with Gasteiger partial charge in [0.1, 0.15) is 6.04 Å². The predicted molar refractivity (Wildman–Crippen MR) is 128 cm³/mol. The Morgan fingerprint density at radius 2 is 1.82 bits per heavy atom. The molecule has 4 rings (SSSR count). The van der Waals surface area contributed by atoms with Gasteiger partial charge in [-0.05, 0) is 49.6 Å². The quantitative estimate of drug-likeness (QED) is 0.631. The highest BCUT2D eigenvalue weighted by Gasteiger charge is 2.36. The number of anilines is 2. The minimum Gasteiger partial charge on any atom is -0.383 e. The van der Waals surface area contributed by atoms with E-state index in [1.54, 1.807) is 12.0 Å². The number of carbonyl (C=O) groups is 2. The fourth-order valence-electron chi connectivity index (χ4n) is 4.07. The van der Waals surface area contributed by atoms with E-state index in [2.05, 4.69) is 5.32 Å². The van der Waals surface area contributed by atoms with Gasteiger partial charge in [-0.1, -0.05) is 35.9 Å². The third kappa shape index (κ3) is 4.88. The summed E-state index contributed by atoms with van der Waals surface area (Å²) in [5.41, 5.74) is 3.64. The van der Waals surface area contributed by atoms with Gasteiger partial charge in [-0.15, -0.1) is 0 Å². The van der Waals surface area contributed by atoms with Crippen molar-refractivity contribution < 1.29 is 14.3 Å². The second-order valence-electron chi connectivity index (χ2n) is 8.16. The van der Waals surface area contributed by atoms with E-state index in [1.165, 1.54) is 22.9 Å². The molecule has 1 aromatic heterocycles. The van der Waals surface area contributed by atoms with Crippen LogP contribution in [0.25, 0.3) is 0 Å². The fourth-order valence-corrected chi connectivity index (χ4v) is 4.07. The van der Waals surface area contributed by atoms with E-state index in [1.807, 2.05) is 55.5 Å². The Kier molecular flexibility index (Phi) is 6.70. The molecule has 7 heteroatoms. The molecule has 2 aromatic carbocycles. The van der Waals surface area contributed by atoms with Gasteiger partial charge in [0.25, 0.3) is 11.5 Å². The molecule has 2 amide bonds. The summed E-state index contributed by atoms with van der Waals surface area (Å²) in [6.45, 7) is 2.67. The van der Waals surface area contributed by atoms with Gasteiger partial charge in [0.05, 0.1) is 12.2 Å². The number of hydrogen-bond acceptors (Lipinski definition) is 4. The van der Waals surface area contributed by atoms with Crippen LogP contribution in [-0.4, -0.2) is 36.1 Å². The number of nitrogens with one attached hydrogen (secondary N) is 1. The number of nitrogens with zero attached hydrogens (tertiary/aromatic N) is 2. The van der Waals surface area contributed by atoms with Gasteiger partial charge in [0.15, 0.2) is 0 Å². The molecule has 0 bridgehead atoms. The van der Waals surface area contributed by atoms with E-state index >= 15 is 0 Å². The molecule has 0 saturated carbocycles. The van der Waals surface area contributed by atoms with E-state index in [9.17, 15) is 14.4 Å². The third-order valence-corrected chi connectivity index (χ3v) is 5.86. The number of ether oxygens (including phenoxy) is 1. The lowest BCUT2D eigenvalue weighted by Gasteiger charge is -2.36. The molecular formula is C26H27N3O4. The number of methoxy groups -OCH3 is 1. The fraction of sp³-hybridized carbons (Fsp3) is 0.269. The maximum absolute atomic E-state index is 13.7. The number of rotatable bonds is 6. The van der Waals surface area contributed by atoms with Crippen molar-refractivity contribution in [3.8, 4) is 0 Å². The number of pyridine rings is 1. The van der Waals surface area contributed by atoms with Crippen LogP contribution in [0.15, 0.2) is 71.7 Å². The molecule has 0 radical (unpaired) electrons.